The highest BCUT2D eigenvalue weighted by atomic mass is 32.2. The number of amides is 1. The number of halogens is 3. The zero-order chi connectivity index (χ0) is 19.2. The van der Waals surface area contributed by atoms with Crippen molar-refractivity contribution in [3.8, 4) is 0 Å². The number of carbonyl (C=O) groups excluding carboxylic acids is 1. The van der Waals surface area contributed by atoms with Gasteiger partial charge in [-0.2, -0.15) is 13.2 Å². The number of benzene rings is 1. The lowest BCUT2D eigenvalue weighted by molar-refractivity contribution is -0.163. The molecule has 0 saturated heterocycles. The van der Waals surface area contributed by atoms with Gasteiger partial charge < -0.3 is 9.32 Å². The molecule has 0 N–H and O–H groups in total. The zero-order valence-corrected chi connectivity index (χ0v) is 15.4. The van der Waals surface area contributed by atoms with Gasteiger partial charge in [0.25, 0.3) is 0 Å². The third-order valence-corrected chi connectivity index (χ3v) is 4.41. The number of furan rings is 1. The number of thioether (sulfide) groups is 1. The first-order chi connectivity index (χ1) is 12.3. The van der Waals surface area contributed by atoms with E-state index in [-0.39, 0.29) is 13.1 Å². The number of nitrogens with zero attached hydrogens (tertiary/aromatic N) is 2. The van der Waals surface area contributed by atoms with E-state index >= 15 is 0 Å². The van der Waals surface area contributed by atoms with Gasteiger partial charge in [-0.3, -0.25) is 9.69 Å². The van der Waals surface area contributed by atoms with E-state index in [0.29, 0.717) is 12.3 Å². The summed E-state index contributed by atoms with van der Waals surface area (Å²) in [5.74, 6) is -0.278. The second-order valence-electron chi connectivity index (χ2n) is 5.96. The topological polar surface area (TPSA) is 36.7 Å². The summed E-state index contributed by atoms with van der Waals surface area (Å²) >= 11 is 1.63. The molecule has 1 amide bonds. The average molecular weight is 386 g/mol. The summed E-state index contributed by atoms with van der Waals surface area (Å²) in [6, 6.07) is 11.0. The third-order valence-electron chi connectivity index (χ3n) is 3.67. The molecule has 0 fully saturated rings. The quantitative estimate of drug-likeness (QED) is 0.642. The summed E-state index contributed by atoms with van der Waals surface area (Å²) in [5.41, 5.74) is 0.992. The maximum Gasteiger partial charge on any atom is 0.406 e. The molecule has 0 saturated carbocycles. The van der Waals surface area contributed by atoms with Crippen LogP contribution in [-0.2, 0) is 17.9 Å². The molecular formula is C18H21F3N2O2S. The maximum absolute atomic E-state index is 12.8. The van der Waals surface area contributed by atoms with Gasteiger partial charge in [0.1, 0.15) is 12.3 Å². The molecule has 0 radical (unpaired) electrons. The predicted molar refractivity (Wildman–Crippen MR) is 94.7 cm³/mol. The molecule has 142 valence electrons. The van der Waals surface area contributed by atoms with E-state index in [1.807, 2.05) is 30.5 Å². The molecule has 0 bridgehead atoms. The smallest absolute Gasteiger partial charge is 0.406 e. The van der Waals surface area contributed by atoms with Gasteiger partial charge in [-0.25, -0.2) is 0 Å². The first kappa shape index (κ1) is 20.4. The molecule has 1 aromatic carbocycles. The fourth-order valence-corrected chi connectivity index (χ4v) is 2.88. The third kappa shape index (κ3) is 6.76. The fourth-order valence-electron chi connectivity index (χ4n) is 2.47. The lowest BCUT2D eigenvalue weighted by atomic mass is 10.2. The lowest BCUT2D eigenvalue weighted by Gasteiger charge is -2.25. The number of rotatable bonds is 8. The van der Waals surface area contributed by atoms with E-state index in [4.69, 9.17) is 4.42 Å². The Morgan fingerprint density at radius 2 is 1.85 bits per heavy atom. The Hall–Kier alpha value is -1.93. The minimum absolute atomic E-state index is 0.110. The van der Waals surface area contributed by atoms with Crippen molar-refractivity contribution < 1.29 is 22.4 Å². The largest absolute Gasteiger partial charge is 0.467 e. The molecule has 0 atom stereocenters. The molecule has 1 aromatic heterocycles. The molecule has 0 spiro atoms. The van der Waals surface area contributed by atoms with Gasteiger partial charge in [-0.15, -0.1) is 11.8 Å². The minimum atomic E-state index is -4.46. The SMILES string of the molecule is CSc1ccc(CN(C)CC(=O)N(Cc2ccco2)CC(F)(F)F)cc1. The van der Waals surface area contributed by atoms with Crippen molar-refractivity contribution in [2.24, 2.45) is 0 Å². The molecule has 0 aliphatic heterocycles. The molecule has 0 unspecified atom stereocenters. The van der Waals surface area contributed by atoms with Gasteiger partial charge in [0.15, 0.2) is 0 Å². The summed E-state index contributed by atoms with van der Waals surface area (Å²) in [4.78, 5) is 16.0. The van der Waals surface area contributed by atoms with Crippen LogP contribution in [0.25, 0.3) is 0 Å². The monoisotopic (exact) mass is 386 g/mol. The zero-order valence-electron chi connectivity index (χ0n) is 14.6. The van der Waals surface area contributed by atoms with Crippen molar-refractivity contribution in [2.75, 3.05) is 26.4 Å². The lowest BCUT2D eigenvalue weighted by Crippen LogP contribution is -2.43. The van der Waals surface area contributed by atoms with Crippen LogP contribution in [0.3, 0.4) is 0 Å². The van der Waals surface area contributed by atoms with Gasteiger partial charge in [-0.05, 0) is 43.1 Å². The van der Waals surface area contributed by atoms with Crippen molar-refractivity contribution in [1.29, 1.82) is 0 Å². The van der Waals surface area contributed by atoms with Crippen molar-refractivity contribution in [3.63, 3.8) is 0 Å². The van der Waals surface area contributed by atoms with E-state index < -0.39 is 18.6 Å². The number of carbonyl (C=O) groups is 1. The molecule has 0 aliphatic carbocycles. The highest BCUT2D eigenvalue weighted by molar-refractivity contribution is 7.98. The fraction of sp³-hybridized carbons (Fsp3) is 0.389. The first-order valence-corrected chi connectivity index (χ1v) is 9.17. The van der Waals surface area contributed by atoms with Crippen LogP contribution in [0.5, 0.6) is 0 Å². The maximum atomic E-state index is 12.8. The number of hydrogen-bond donors (Lipinski definition) is 0. The van der Waals surface area contributed by atoms with E-state index in [0.717, 1.165) is 15.4 Å². The summed E-state index contributed by atoms with van der Waals surface area (Å²) in [6.45, 7) is -1.15. The first-order valence-electron chi connectivity index (χ1n) is 7.95. The molecule has 26 heavy (non-hydrogen) atoms. The standard InChI is InChI=1S/C18H21F3N2O2S/c1-22(10-14-5-7-16(26-2)8-6-14)12-17(24)23(13-18(19,20)21)11-15-4-3-9-25-15/h3-9H,10-13H2,1-2H3. The summed E-state index contributed by atoms with van der Waals surface area (Å²) in [5, 5.41) is 0. The number of likely N-dealkylation sites (N-methyl/N-ethyl adjacent to an activating group) is 1. The highest BCUT2D eigenvalue weighted by Crippen LogP contribution is 2.19. The van der Waals surface area contributed by atoms with Crippen LogP contribution >= 0.6 is 11.8 Å². The summed E-state index contributed by atoms with van der Waals surface area (Å²) < 4.78 is 43.5. The van der Waals surface area contributed by atoms with Gasteiger partial charge in [0.05, 0.1) is 19.4 Å². The summed E-state index contributed by atoms with van der Waals surface area (Å²) in [7, 11) is 1.71. The van der Waals surface area contributed by atoms with E-state index in [1.54, 1.807) is 35.8 Å². The van der Waals surface area contributed by atoms with Crippen molar-refractivity contribution >= 4 is 17.7 Å². The Bertz CT molecular complexity index is 687. The molecule has 2 aromatic rings. The van der Waals surface area contributed by atoms with Crippen LogP contribution in [-0.4, -0.2) is 48.3 Å². The van der Waals surface area contributed by atoms with Crippen molar-refractivity contribution in [1.82, 2.24) is 9.80 Å². The van der Waals surface area contributed by atoms with E-state index in [1.165, 1.54) is 6.26 Å². The van der Waals surface area contributed by atoms with Crippen LogP contribution in [0.1, 0.15) is 11.3 Å². The Kier molecular flexibility index (Phi) is 7.16. The molecule has 1 heterocycles. The summed E-state index contributed by atoms with van der Waals surface area (Å²) in [6.07, 6.45) is -1.11. The Morgan fingerprint density at radius 1 is 1.15 bits per heavy atom. The van der Waals surface area contributed by atoms with Crippen LogP contribution < -0.4 is 0 Å². The van der Waals surface area contributed by atoms with Gasteiger partial charge >= 0.3 is 6.18 Å². The normalized spacial score (nSPS) is 11.8. The van der Waals surface area contributed by atoms with Gasteiger partial charge in [0, 0.05) is 11.4 Å². The Morgan fingerprint density at radius 3 is 2.38 bits per heavy atom. The van der Waals surface area contributed by atoms with E-state index in [9.17, 15) is 18.0 Å². The minimum Gasteiger partial charge on any atom is -0.467 e. The molecule has 4 nitrogen and oxygen atoms in total. The van der Waals surface area contributed by atoms with Crippen LogP contribution in [0.15, 0.2) is 52.0 Å². The van der Waals surface area contributed by atoms with Gasteiger partial charge in [-0.1, -0.05) is 12.1 Å². The van der Waals surface area contributed by atoms with Gasteiger partial charge in [0.2, 0.25) is 5.91 Å². The average Bonchev–Trinajstić information content (AvgIpc) is 3.06. The van der Waals surface area contributed by atoms with Crippen molar-refractivity contribution in [2.45, 2.75) is 24.2 Å². The Labute approximate surface area is 155 Å². The molecule has 2 rings (SSSR count). The highest BCUT2D eigenvalue weighted by Gasteiger charge is 2.33. The number of hydrogen-bond acceptors (Lipinski definition) is 4. The second-order valence-corrected chi connectivity index (χ2v) is 6.84. The molecule has 0 aliphatic rings. The van der Waals surface area contributed by atoms with Crippen molar-refractivity contribution in [3.05, 3.63) is 54.0 Å². The second kappa shape index (κ2) is 9.14. The number of alkyl halides is 3. The van der Waals surface area contributed by atoms with E-state index in [2.05, 4.69) is 0 Å². The Balaban J connectivity index is 1.97. The molecule has 8 heteroatoms. The predicted octanol–water partition coefficient (Wildman–Crippen LogP) is 4.02. The molecular weight excluding hydrogens is 365 g/mol. The van der Waals surface area contributed by atoms with Crippen LogP contribution in [0.4, 0.5) is 13.2 Å². The van der Waals surface area contributed by atoms with Crippen LogP contribution in [0, 0.1) is 0 Å². The van der Waals surface area contributed by atoms with Crippen LogP contribution in [0.2, 0.25) is 0 Å².